The maximum Gasteiger partial charge on any atom is 0.407 e. The fourth-order valence-electron chi connectivity index (χ4n) is 4.72. The number of likely N-dealkylation sites (tertiary alicyclic amines) is 1. The maximum absolute atomic E-state index is 12.8. The van der Waals surface area contributed by atoms with Gasteiger partial charge in [-0.15, -0.1) is 0 Å². The molecule has 3 unspecified atom stereocenters. The molecule has 1 fully saturated rings. The van der Waals surface area contributed by atoms with Crippen molar-refractivity contribution >= 4 is 18.0 Å². The number of carboxylic acid groups (broad SMARTS) is 1. The first-order valence-electron chi connectivity index (χ1n) is 11.1. The van der Waals surface area contributed by atoms with Gasteiger partial charge in [0.2, 0.25) is 5.91 Å². The number of alkyl carbamates (subject to hydrolysis) is 1. The third kappa shape index (κ3) is 4.43. The largest absolute Gasteiger partial charge is 0.480 e. The van der Waals surface area contributed by atoms with E-state index >= 15 is 0 Å². The summed E-state index contributed by atoms with van der Waals surface area (Å²) in [6.45, 7) is 3.43. The van der Waals surface area contributed by atoms with Crippen LogP contribution in [0.3, 0.4) is 0 Å². The monoisotopic (exact) mass is 452 g/mol. The topological polar surface area (TPSA) is 116 Å². The van der Waals surface area contributed by atoms with E-state index in [1.54, 1.807) is 13.8 Å². The van der Waals surface area contributed by atoms with E-state index in [1.165, 1.54) is 4.90 Å². The molecule has 1 aliphatic heterocycles. The van der Waals surface area contributed by atoms with Crippen molar-refractivity contribution in [2.75, 3.05) is 13.2 Å². The van der Waals surface area contributed by atoms with Gasteiger partial charge in [0.15, 0.2) is 0 Å². The maximum atomic E-state index is 12.8. The molecular weight excluding hydrogens is 424 g/mol. The number of ether oxygens (including phenoxy) is 1. The zero-order valence-corrected chi connectivity index (χ0v) is 18.6. The number of rotatable bonds is 6. The lowest BCUT2D eigenvalue weighted by Gasteiger charge is -2.28. The third-order valence-corrected chi connectivity index (χ3v) is 6.68. The van der Waals surface area contributed by atoms with E-state index in [0.717, 1.165) is 22.3 Å². The summed E-state index contributed by atoms with van der Waals surface area (Å²) < 4.78 is 5.53. The number of β-amino-alcohol motifs (C(OH)–C–C–N with tert-alkyl or cyclic N) is 1. The molecule has 0 radical (unpaired) electrons. The second kappa shape index (κ2) is 9.23. The van der Waals surface area contributed by atoms with Gasteiger partial charge in [-0.05, 0) is 29.2 Å². The van der Waals surface area contributed by atoms with Crippen LogP contribution in [0.5, 0.6) is 0 Å². The van der Waals surface area contributed by atoms with Crippen LogP contribution in [0.25, 0.3) is 11.1 Å². The molecule has 3 N–H and O–H groups in total. The number of nitrogens with zero attached hydrogens (tertiary/aromatic N) is 1. The third-order valence-electron chi connectivity index (χ3n) is 6.68. The number of hydrogen-bond donors (Lipinski definition) is 3. The zero-order valence-electron chi connectivity index (χ0n) is 18.6. The number of nitrogens with one attached hydrogen (secondary N) is 1. The van der Waals surface area contributed by atoms with Gasteiger partial charge in [-0.25, -0.2) is 9.59 Å². The van der Waals surface area contributed by atoms with Crippen molar-refractivity contribution in [2.45, 2.75) is 44.4 Å². The Balaban J connectivity index is 1.36. The summed E-state index contributed by atoms with van der Waals surface area (Å²) in [6.07, 6.45) is -1.50. The summed E-state index contributed by atoms with van der Waals surface area (Å²) in [4.78, 5) is 37.9. The fourth-order valence-corrected chi connectivity index (χ4v) is 4.72. The first kappa shape index (κ1) is 22.8. The fraction of sp³-hybridized carbons (Fsp3) is 0.400. The molecule has 1 saturated heterocycles. The molecule has 33 heavy (non-hydrogen) atoms. The van der Waals surface area contributed by atoms with Crippen LogP contribution in [0, 0.1) is 5.92 Å². The van der Waals surface area contributed by atoms with Crippen LogP contribution in [0.15, 0.2) is 48.5 Å². The average molecular weight is 453 g/mol. The number of aliphatic carboxylic acids is 1. The second-order valence-electron chi connectivity index (χ2n) is 8.78. The van der Waals surface area contributed by atoms with Gasteiger partial charge < -0.3 is 25.2 Å². The summed E-state index contributed by atoms with van der Waals surface area (Å²) in [5, 5.41) is 21.8. The van der Waals surface area contributed by atoms with Crippen molar-refractivity contribution in [3.63, 3.8) is 0 Å². The Bertz CT molecular complexity index is 1020. The zero-order chi connectivity index (χ0) is 23.7. The van der Waals surface area contributed by atoms with E-state index in [4.69, 9.17) is 4.74 Å². The molecule has 1 aliphatic carbocycles. The molecule has 2 amide bonds. The highest BCUT2D eigenvalue weighted by Crippen LogP contribution is 2.44. The minimum Gasteiger partial charge on any atom is -0.480 e. The molecule has 174 valence electrons. The van der Waals surface area contributed by atoms with E-state index in [0.29, 0.717) is 0 Å². The number of carbonyl (C=O) groups is 3. The van der Waals surface area contributed by atoms with Gasteiger partial charge in [-0.2, -0.15) is 0 Å². The second-order valence-corrected chi connectivity index (χ2v) is 8.78. The molecule has 8 heteroatoms. The van der Waals surface area contributed by atoms with Crippen molar-refractivity contribution in [2.24, 2.45) is 5.92 Å². The van der Waals surface area contributed by atoms with Gasteiger partial charge in [0.05, 0.1) is 12.0 Å². The predicted octanol–water partition coefficient (Wildman–Crippen LogP) is 2.60. The number of hydrogen-bond acceptors (Lipinski definition) is 5. The van der Waals surface area contributed by atoms with E-state index in [2.05, 4.69) is 17.4 Å². The molecule has 1 heterocycles. The Hall–Kier alpha value is -3.39. The van der Waals surface area contributed by atoms with Crippen molar-refractivity contribution in [1.29, 1.82) is 0 Å². The molecule has 0 bridgehead atoms. The van der Waals surface area contributed by atoms with E-state index in [9.17, 15) is 24.6 Å². The summed E-state index contributed by atoms with van der Waals surface area (Å²) >= 11 is 0. The van der Waals surface area contributed by atoms with Crippen molar-refractivity contribution in [3.8, 4) is 11.1 Å². The molecule has 4 atom stereocenters. The smallest absolute Gasteiger partial charge is 0.407 e. The first-order chi connectivity index (χ1) is 15.8. The van der Waals surface area contributed by atoms with Crippen molar-refractivity contribution in [3.05, 3.63) is 59.7 Å². The quantitative estimate of drug-likeness (QED) is 0.620. The van der Waals surface area contributed by atoms with Gasteiger partial charge in [-0.3, -0.25) is 4.79 Å². The highest BCUT2D eigenvalue weighted by molar-refractivity contribution is 5.86. The number of benzene rings is 2. The molecule has 4 rings (SSSR count). The molecule has 2 aromatic carbocycles. The normalized spacial score (nSPS) is 21.1. The number of amides is 2. The number of carbonyl (C=O) groups excluding carboxylic acids is 2. The molecule has 2 aliphatic rings. The first-order valence-corrected chi connectivity index (χ1v) is 11.1. The Labute approximate surface area is 192 Å². The van der Waals surface area contributed by atoms with Gasteiger partial charge in [0.1, 0.15) is 12.6 Å². The van der Waals surface area contributed by atoms with Gasteiger partial charge >= 0.3 is 12.1 Å². The minimum absolute atomic E-state index is 0.00197. The lowest BCUT2D eigenvalue weighted by atomic mass is 9.98. The van der Waals surface area contributed by atoms with Crippen LogP contribution in [0.4, 0.5) is 4.79 Å². The summed E-state index contributed by atoms with van der Waals surface area (Å²) in [6, 6.07) is 14.4. The predicted molar refractivity (Wildman–Crippen MR) is 121 cm³/mol. The highest BCUT2D eigenvalue weighted by atomic mass is 16.5. The van der Waals surface area contributed by atoms with Gasteiger partial charge in [0, 0.05) is 24.9 Å². The molecular formula is C25H28N2O6. The van der Waals surface area contributed by atoms with Gasteiger partial charge in [-0.1, -0.05) is 55.5 Å². The Kier molecular flexibility index (Phi) is 6.37. The lowest BCUT2D eigenvalue weighted by Crippen LogP contribution is -2.49. The van der Waals surface area contributed by atoms with Crippen LogP contribution in [-0.2, 0) is 14.3 Å². The Morgan fingerprint density at radius 1 is 1.06 bits per heavy atom. The van der Waals surface area contributed by atoms with E-state index in [-0.39, 0.29) is 25.5 Å². The molecule has 0 aromatic heterocycles. The number of aliphatic hydroxyl groups excluding tert-OH is 1. The Morgan fingerprint density at radius 2 is 1.64 bits per heavy atom. The van der Waals surface area contributed by atoms with Crippen LogP contribution >= 0.6 is 0 Å². The van der Waals surface area contributed by atoms with Gasteiger partial charge in [0.25, 0.3) is 0 Å². The van der Waals surface area contributed by atoms with Crippen molar-refractivity contribution < 1.29 is 29.3 Å². The average Bonchev–Trinajstić information content (AvgIpc) is 3.35. The molecule has 0 saturated carbocycles. The summed E-state index contributed by atoms with van der Waals surface area (Å²) in [5.41, 5.74) is 4.48. The molecule has 8 nitrogen and oxygen atoms in total. The standard InChI is InChI=1S/C25H28N2O6/c1-14(23(29)27-12-16(28)11-22(27)24(30)31)15(2)26-25(32)33-13-21-19-9-5-3-7-17(19)18-8-4-6-10-20(18)21/h3-10,14-16,21-22,28H,11-13H2,1-2H3,(H,26,32)(H,30,31)/t14?,15?,16?,22-/m0/s1. The van der Waals surface area contributed by atoms with E-state index < -0.39 is 42.1 Å². The Morgan fingerprint density at radius 3 is 2.21 bits per heavy atom. The van der Waals surface area contributed by atoms with E-state index in [1.807, 2.05) is 36.4 Å². The summed E-state index contributed by atoms with van der Waals surface area (Å²) in [7, 11) is 0. The SMILES string of the molecule is CC(NC(=O)OCC1c2ccccc2-c2ccccc21)C(C)C(=O)N1CC(O)C[C@H]1C(=O)O. The highest BCUT2D eigenvalue weighted by Gasteiger charge is 2.41. The number of carboxylic acids is 1. The van der Waals surface area contributed by atoms with Crippen LogP contribution in [-0.4, -0.2) is 64.4 Å². The lowest BCUT2D eigenvalue weighted by molar-refractivity contribution is -0.150. The van der Waals surface area contributed by atoms with Crippen LogP contribution in [0.2, 0.25) is 0 Å². The number of aliphatic hydroxyl groups is 1. The number of fused-ring (bicyclic) bond motifs is 3. The minimum atomic E-state index is -1.15. The molecule has 2 aromatic rings. The van der Waals surface area contributed by atoms with Crippen LogP contribution in [0.1, 0.15) is 37.3 Å². The molecule has 0 spiro atoms. The van der Waals surface area contributed by atoms with Crippen molar-refractivity contribution in [1.82, 2.24) is 10.2 Å². The summed E-state index contributed by atoms with van der Waals surface area (Å²) in [5.74, 6) is -2.33. The van der Waals surface area contributed by atoms with Crippen LogP contribution < -0.4 is 5.32 Å².